The minimum atomic E-state index is -4.80. The zero-order valence-electron chi connectivity index (χ0n) is 15.4. The number of aliphatic hydroxyl groups is 1. The Morgan fingerprint density at radius 2 is 1.85 bits per heavy atom. The molecule has 2 nitrogen and oxygen atoms in total. The molecule has 0 heterocycles. The van der Waals surface area contributed by atoms with Crippen LogP contribution in [0.2, 0.25) is 0 Å². The topological polar surface area (TPSA) is 37.3 Å². The minimum absolute atomic E-state index is 0.197. The van der Waals surface area contributed by atoms with Crippen LogP contribution < -0.4 is 0 Å². The number of ketones is 1. The number of carbonyl (C=O) groups is 1. The summed E-state index contributed by atoms with van der Waals surface area (Å²) in [4.78, 5) is 12.0. The molecule has 1 aliphatic carbocycles. The summed E-state index contributed by atoms with van der Waals surface area (Å²) in [6.07, 6.45) is 1.02. The van der Waals surface area contributed by atoms with Gasteiger partial charge in [-0.05, 0) is 60.6 Å². The van der Waals surface area contributed by atoms with E-state index in [1.54, 1.807) is 6.08 Å². The van der Waals surface area contributed by atoms with Crippen LogP contribution in [0.1, 0.15) is 44.7 Å². The molecule has 0 spiro atoms. The molecule has 0 fully saturated rings. The molecule has 1 aromatic rings. The molecule has 0 amide bonds. The molecule has 0 saturated heterocycles. The molecule has 0 radical (unpaired) electrons. The van der Waals surface area contributed by atoms with Crippen LogP contribution in [0.25, 0.3) is 6.08 Å². The smallest absolute Gasteiger partial charge is 0.389 e. The molecule has 6 heteroatoms. The highest BCUT2D eigenvalue weighted by atomic mass is 19.4. The van der Waals surface area contributed by atoms with Gasteiger partial charge in [0, 0.05) is 5.56 Å². The summed E-state index contributed by atoms with van der Waals surface area (Å²) in [5, 5.41) is 10.00. The van der Waals surface area contributed by atoms with Crippen molar-refractivity contribution in [2.45, 2.75) is 45.9 Å². The second-order valence-corrected chi connectivity index (χ2v) is 7.31. The maximum Gasteiger partial charge on any atom is 0.419 e. The first-order valence-corrected chi connectivity index (χ1v) is 8.58. The summed E-state index contributed by atoms with van der Waals surface area (Å²) >= 11 is 0. The predicted molar refractivity (Wildman–Crippen MR) is 96.3 cm³/mol. The van der Waals surface area contributed by atoms with Crippen molar-refractivity contribution in [2.24, 2.45) is 5.41 Å². The second-order valence-electron chi connectivity index (χ2n) is 7.31. The highest BCUT2D eigenvalue weighted by Gasteiger charge is 2.34. The lowest BCUT2D eigenvalue weighted by Crippen LogP contribution is -2.27. The quantitative estimate of drug-likeness (QED) is 0.553. The van der Waals surface area contributed by atoms with E-state index in [0.29, 0.717) is 12.5 Å². The Balaban J connectivity index is 2.21. The van der Waals surface area contributed by atoms with Gasteiger partial charge in [-0.15, -0.1) is 0 Å². The van der Waals surface area contributed by atoms with E-state index in [4.69, 9.17) is 0 Å². The van der Waals surface area contributed by atoms with Gasteiger partial charge in [0.1, 0.15) is 5.82 Å². The summed E-state index contributed by atoms with van der Waals surface area (Å²) < 4.78 is 52.1. The molecule has 1 atom stereocenters. The van der Waals surface area contributed by atoms with Crippen LogP contribution in [0.15, 0.2) is 47.6 Å². The number of aliphatic hydroxyl groups excluding tert-OH is 1. The second kappa shape index (κ2) is 7.80. The van der Waals surface area contributed by atoms with Gasteiger partial charge in [0.25, 0.3) is 0 Å². The van der Waals surface area contributed by atoms with Crippen molar-refractivity contribution < 1.29 is 27.5 Å². The summed E-state index contributed by atoms with van der Waals surface area (Å²) in [7, 11) is 0. The van der Waals surface area contributed by atoms with E-state index in [0.717, 1.165) is 35.8 Å². The van der Waals surface area contributed by atoms with Gasteiger partial charge in [-0.3, -0.25) is 4.79 Å². The molecule has 1 aliphatic rings. The van der Waals surface area contributed by atoms with Gasteiger partial charge in [-0.25, -0.2) is 4.39 Å². The van der Waals surface area contributed by atoms with E-state index in [9.17, 15) is 27.5 Å². The van der Waals surface area contributed by atoms with Gasteiger partial charge >= 0.3 is 6.18 Å². The number of allylic oxidation sites excluding steroid dienone is 4. The number of benzene rings is 1. The number of hydrogen-bond acceptors (Lipinski definition) is 2. The molecule has 2 rings (SSSR count). The molecule has 1 N–H and O–H groups in total. The van der Waals surface area contributed by atoms with Gasteiger partial charge in [0.2, 0.25) is 0 Å². The first-order valence-electron chi connectivity index (χ1n) is 8.58. The summed E-state index contributed by atoms with van der Waals surface area (Å²) in [5.74, 6) is -1.89. The van der Waals surface area contributed by atoms with E-state index in [2.05, 4.69) is 0 Å². The monoisotopic (exact) mass is 382 g/mol. The molecule has 1 unspecified atom stereocenters. The van der Waals surface area contributed by atoms with Crippen LogP contribution in [0.5, 0.6) is 0 Å². The molecule has 0 aliphatic heterocycles. The summed E-state index contributed by atoms with van der Waals surface area (Å²) in [5.41, 5.74) is -0.227. The maximum absolute atomic E-state index is 14.0. The number of hydrogen-bond donors (Lipinski definition) is 1. The van der Waals surface area contributed by atoms with Crippen LogP contribution in [0.3, 0.4) is 0 Å². The third kappa shape index (κ3) is 4.95. The van der Waals surface area contributed by atoms with E-state index >= 15 is 0 Å². The van der Waals surface area contributed by atoms with Gasteiger partial charge in [-0.2, -0.15) is 13.2 Å². The fourth-order valence-electron chi connectivity index (χ4n) is 3.21. The molecule has 0 bridgehead atoms. The standard InChI is InChI=1S/C21H22F4O2/c1-13-16(20(2,3)12-11-18(13)27)10-9-15(26)8-7-14-5-4-6-17(19(14)22)21(23,24)25/h4-10,18,27H,11-12H2,1-3H3/b8-7+,10-9+. The van der Waals surface area contributed by atoms with Crippen LogP contribution in [-0.2, 0) is 11.0 Å². The average Bonchev–Trinajstić information content (AvgIpc) is 2.56. The van der Waals surface area contributed by atoms with Crippen molar-refractivity contribution in [3.05, 3.63) is 64.5 Å². The summed E-state index contributed by atoms with van der Waals surface area (Å²) in [6.45, 7) is 5.84. The Hall–Kier alpha value is -2.21. The lowest BCUT2D eigenvalue weighted by atomic mass is 9.71. The van der Waals surface area contributed by atoms with Gasteiger partial charge in [-0.1, -0.05) is 32.1 Å². The van der Waals surface area contributed by atoms with Crippen molar-refractivity contribution in [3.63, 3.8) is 0 Å². The molecule has 27 heavy (non-hydrogen) atoms. The zero-order chi connectivity index (χ0) is 20.4. The van der Waals surface area contributed by atoms with Crippen LogP contribution in [0.4, 0.5) is 17.6 Å². The van der Waals surface area contributed by atoms with Crippen molar-refractivity contribution >= 4 is 11.9 Å². The van der Waals surface area contributed by atoms with Gasteiger partial charge < -0.3 is 5.11 Å². The largest absolute Gasteiger partial charge is 0.419 e. The van der Waals surface area contributed by atoms with Crippen LogP contribution in [0, 0.1) is 11.2 Å². The fourth-order valence-corrected chi connectivity index (χ4v) is 3.21. The van der Waals surface area contributed by atoms with E-state index in [-0.39, 0.29) is 11.0 Å². The van der Waals surface area contributed by atoms with Crippen LogP contribution >= 0.6 is 0 Å². The van der Waals surface area contributed by atoms with Gasteiger partial charge in [0.15, 0.2) is 5.78 Å². The molecule has 0 saturated carbocycles. The average molecular weight is 382 g/mol. The van der Waals surface area contributed by atoms with Crippen molar-refractivity contribution in [2.75, 3.05) is 0 Å². The molecule has 1 aromatic carbocycles. The number of alkyl halides is 3. The zero-order valence-corrected chi connectivity index (χ0v) is 15.4. The Kier molecular flexibility index (Phi) is 6.10. The fraction of sp³-hybridized carbons (Fsp3) is 0.381. The normalized spacial score (nSPS) is 20.7. The molecule has 146 valence electrons. The lowest BCUT2D eigenvalue weighted by molar-refractivity contribution is -0.140. The van der Waals surface area contributed by atoms with Gasteiger partial charge in [0.05, 0.1) is 11.7 Å². The number of rotatable bonds is 4. The lowest BCUT2D eigenvalue weighted by Gasteiger charge is -2.35. The van der Waals surface area contributed by atoms with Crippen molar-refractivity contribution in [3.8, 4) is 0 Å². The van der Waals surface area contributed by atoms with Crippen molar-refractivity contribution in [1.29, 1.82) is 0 Å². The van der Waals surface area contributed by atoms with E-state index in [1.807, 2.05) is 20.8 Å². The number of halogens is 4. The third-order valence-electron chi connectivity index (χ3n) is 4.87. The minimum Gasteiger partial charge on any atom is -0.389 e. The van der Waals surface area contributed by atoms with Crippen LogP contribution in [-0.4, -0.2) is 17.0 Å². The molecule has 0 aromatic heterocycles. The Bertz CT molecular complexity index is 814. The van der Waals surface area contributed by atoms with E-state index in [1.165, 1.54) is 12.1 Å². The Morgan fingerprint density at radius 1 is 1.22 bits per heavy atom. The first-order chi connectivity index (χ1) is 12.4. The highest BCUT2D eigenvalue weighted by molar-refractivity contribution is 6.02. The Morgan fingerprint density at radius 3 is 2.48 bits per heavy atom. The Labute approximate surface area is 155 Å². The number of carbonyl (C=O) groups excluding carboxylic acids is 1. The predicted octanol–water partition coefficient (Wildman–Crippen LogP) is 5.48. The first kappa shape index (κ1) is 21.1. The highest BCUT2D eigenvalue weighted by Crippen LogP contribution is 2.40. The third-order valence-corrected chi connectivity index (χ3v) is 4.87. The van der Waals surface area contributed by atoms with E-state index < -0.39 is 29.4 Å². The SMILES string of the molecule is CC1=C(/C=C/C(=O)/C=C/c2cccc(C(F)(F)F)c2F)C(C)(C)CCC1O. The maximum atomic E-state index is 14.0. The molecular formula is C21H22F4O2. The van der Waals surface area contributed by atoms with Crippen molar-refractivity contribution in [1.82, 2.24) is 0 Å². The summed E-state index contributed by atoms with van der Waals surface area (Å²) in [6, 6.07) is 2.91. The molecular weight excluding hydrogens is 360 g/mol.